The summed E-state index contributed by atoms with van der Waals surface area (Å²) < 4.78 is 11.2. The summed E-state index contributed by atoms with van der Waals surface area (Å²) in [6, 6.07) is 20.0. The molecule has 32 heavy (non-hydrogen) atoms. The number of rotatable bonds is 6. The third-order valence-corrected chi connectivity index (χ3v) is 5.51. The number of ether oxygens (including phenoxy) is 2. The molecule has 7 heteroatoms. The van der Waals surface area contributed by atoms with Crippen molar-refractivity contribution in [2.75, 3.05) is 23.9 Å². The van der Waals surface area contributed by atoms with Gasteiger partial charge >= 0.3 is 0 Å². The van der Waals surface area contributed by atoms with Gasteiger partial charge in [0.15, 0.2) is 0 Å². The molecule has 1 fully saturated rings. The Labute approximate surface area is 191 Å². The van der Waals surface area contributed by atoms with Crippen LogP contribution in [0.5, 0.6) is 17.2 Å². The van der Waals surface area contributed by atoms with Crippen LogP contribution >= 0.6 is 11.6 Å². The van der Waals surface area contributed by atoms with Crippen LogP contribution in [0.1, 0.15) is 12.0 Å². The number of amides is 2. The second kappa shape index (κ2) is 9.32. The zero-order valence-corrected chi connectivity index (χ0v) is 18.6. The molecule has 0 unspecified atom stereocenters. The lowest BCUT2D eigenvalue weighted by Crippen LogP contribution is -2.28. The van der Waals surface area contributed by atoms with E-state index in [1.165, 1.54) is 7.11 Å². The lowest BCUT2D eigenvalue weighted by atomic mass is 10.1. The van der Waals surface area contributed by atoms with E-state index in [-0.39, 0.29) is 24.8 Å². The molecule has 0 radical (unpaired) electrons. The summed E-state index contributed by atoms with van der Waals surface area (Å²) in [5.41, 5.74) is 2.32. The highest BCUT2D eigenvalue weighted by Crippen LogP contribution is 2.35. The van der Waals surface area contributed by atoms with E-state index in [9.17, 15) is 9.59 Å². The number of nitrogens with one attached hydrogen (secondary N) is 1. The Morgan fingerprint density at radius 2 is 1.84 bits per heavy atom. The van der Waals surface area contributed by atoms with Crippen LogP contribution in [-0.4, -0.2) is 25.5 Å². The number of carbonyl (C=O) groups excluding carboxylic acids is 2. The summed E-state index contributed by atoms with van der Waals surface area (Å²) in [4.78, 5) is 26.9. The number of aryl methyl sites for hydroxylation is 1. The minimum Gasteiger partial charge on any atom is -0.495 e. The van der Waals surface area contributed by atoms with Crippen LogP contribution in [0.3, 0.4) is 0 Å². The Kier molecular flexibility index (Phi) is 6.32. The van der Waals surface area contributed by atoms with Crippen molar-refractivity contribution in [2.24, 2.45) is 5.92 Å². The van der Waals surface area contributed by atoms with Gasteiger partial charge in [0.05, 0.1) is 18.7 Å². The lowest BCUT2D eigenvalue weighted by Gasteiger charge is -2.20. The van der Waals surface area contributed by atoms with Gasteiger partial charge in [0.25, 0.3) is 0 Å². The van der Waals surface area contributed by atoms with E-state index < -0.39 is 5.92 Å². The Balaban J connectivity index is 1.40. The average Bonchev–Trinajstić information content (AvgIpc) is 3.17. The number of carbonyl (C=O) groups is 2. The quantitative estimate of drug-likeness (QED) is 0.543. The average molecular weight is 451 g/mol. The molecule has 164 valence electrons. The van der Waals surface area contributed by atoms with E-state index >= 15 is 0 Å². The van der Waals surface area contributed by atoms with Gasteiger partial charge in [-0.1, -0.05) is 23.7 Å². The van der Waals surface area contributed by atoms with Gasteiger partial charge in [0.1, 0.15) is 17.2 Å². The molecule has 2 amide bonds. The molecule has 1 saturated heterocycles. The topological polar surface area (TPSA) is 67.9 Å². The molecule has 0 saturated carbocycles. The van der Waals surface area contributed by atoms with Crippen LogP contribution in [0.15, 0.2) is 66.7 Å². The van der Waals surface area contributed by atoms with Crippen molar-refractivity contribution < 1.29 is 19.1 Å². The molecular weight excluding hydrogens is 428 g/mol. The number of nitrogens with zero attached hydrogens (tertiary/aromatic N) is 1. The summed E-state index contributed by atoms with van der Waals surface area (Å²) in [6.45, 7) is 2.26. The van der Waals surface area contributed by atoms with Crippen molar-refractivity contribution in [2.45, 2.75) is 13.3 Å². The Bertz CT molecular complexity index is 1150. The van der Waals surface area contributed by atoms with E-state index in [1.807, 2.05) is 31.2 Å². The van der Waals surface area contributed by atoms with Gasteiger partial charge in [-0.3, -0.25) is 9.59 Å². The van der Waals surface area contributed by atoms with Gasteiger partial charge in [-0.15, -0.1) is 0 Å². The SMILES string of the molecule is COc1ccc(Cl)cc1N1C[C@@H](C(=O)Nc2ccc(Oc3cccc(C)c3)cc2)CC1=O. The van der Waals surface area contributed by atoms with Crippen molar-refractivity contribution in [3.8, 4) is 17.2 Å². The maximum atomic E-state index is 12.8. The van der Waals surface area contributed by atoms with Gasteiger partial charge in [-0.2, -0.15) is 0 Å². The molecule has 4 rings (SSSR count). The molecule has 1 heterocycles. The fourth-order valence-electron chi connectivity index (χ4n) is 3.66. The highest BCUT2D eigenvalue weighted by Gasteiger charge is 2.36. The summed E-state index contributed by atoms with van der Waals surface area (Å²) in [7, 11) is 1.53. The van der Waals surface area contributed by atoms with Crippen molar-refractivity contribution >= 4 is 34.8 Å². The fraction of sp³-hybridized carbons (Fsp3) is 0.200. The predicted octanol–water partition coefficient (Wildman–Crippen LogP) is 5.44. The smallest absolute Gasteiger partial charge is 0.229 e. The Morgan fingerprint density at radius 1 is 1.06 bits per heavy atom. The van der Waals surface area contributed by atoms with Crippen molar-refractivity contribution in [3.63, 3.8) is 0 Å². The third kappa shape index (κ3) is 4.86. The lowest BCUT2D eigenvalue weighted by molar-refractivity contribution is -0.122. The summed E-state index contributed by atoms with van der Waals surface area (Å²) in [5, 5.41) is 3.38. The number of benzene rings is 3. The van der Waals surface area contributed by atoms with Crippen molar-refractivity contribution in [3.05, 3.63) is 77.3 Å². The maximum absolute atomic E-state index is 12.8. The van der Waals surface area contributed by atoms with E-state index in [0.717, 1.165) is 11.3 Å². The van der Waals surface area contributed by atoms with Gasteiger partial charge in [0.2, 0.25) is 11.8 Å². The molecule has 0 spiro atoms. The molecule has 1 N–H and O–H groups in total. The van der Waals surface area contributed by atoms with Crippen molar-refractivity contribution in [1.29, 1.82) is 0 Å². The Morgan fingerprint density at radius 3 is 2.56 bits per heavy atom. The van der Waals surface area contributed by atoms with E-state index in [4.69, 9.17) is 21.1 Å². The zero-order valence-electron chi connectivity index (χ0n) is 17.8. The van der Waals surface area contributed by atoms with Crippen LogP contribution < -0.4 is 19.7 Å². The molecule has 1 atom stereocenters. The molecule has 1 aliphatic heterocycles. The minimum atomic E-state index is -0.477. The first-order valence-electron chi connectivity index (χ1n) is 10.2. The van der Waals surface area contributed by atoms with Crippen LogP contribution in [-0.2, 0) is 9.59 Å². The zero-order chi connectivity index (χ0) is 22.7. The summed E-state index contributed by atoms with van der Waals surface area (Å²) >= 11 is 6.09. The second-order valence-electron chi connectivity index (χ2n) is 7.65. The molecule has 6 nitrogen and oxygen atoms in total. The fourth-order valence-corrected chi connectivity index (χ4v) is 3.82. The van der Waals surface area contributed by atoms with Crippen molar-refractivity contribution in [1.82, 2.24) is 0 Å². The third-order valence-electron chi connectivity index (χ3n) is 5.27. The maximum Gasteiger partial charge on any atom is 0.229 e. The van der Waals surface area contributed by atoms with E-state index in [1.54, 1.807) is 47.4 Å². The van der Waals surface area contributed by atoms with Gasteiger partial charge in [0, 0.05) is 23.7 Å². The standard InChI is InChI=1S/C25H23ClN2O4/c1-16-4-3-5-21(12-16)32-20-9-7-19(8-10-20)27-25(30)17-13-24(29)28(15-17)22-14-18(26)6-11-23(22)31-2/h3-12,14,17H,13,15H2,1-2H3,(H,27,30)/t17-/m0/s1. The summed E-state index contributed by atoms with van der Waals surface area (Å²) in [6.07, 6.45) is 0.121. The van der Waals surface area contributed by atoms with E-state index in [0.29, 0.717) is 27.9 Å². The molecule has 1 aliphatic rings. The number of hydrogen-bond donors (Lipinski definition) is 1. The van der Waals surface area contributed by atoms with Gasteiger partial charge < -0.3 is 19.7 Å². The molecular formula is C25H23ClN2O4. The van der Waals surface area contributed by atoms with Crippen LogP contribution in [0, 0.1) is 12.8 Å². The normalized spacial score (nSPS) is 15.5. The first-order chi connectivity index (χ1) is 15.4. The molecule has 0 bridgehead atoms. The second-order valence-corrected chi connectivity index (χ2v) is 8.09. The molecule has 0 aliphatic carbocycles. The molecule has 3 aromatic carbocycles. The summed E-state index contributed by atoms with van der Waals surface area (Å²) in [5.74, 6) is 1.12. The Hall–Kier alpha value is -3.51. The number of hydrogen-bond acceptors (Lipinski definition) is 4. The monoisotopic (exact) mass is 450 g/mol. The highest BCUT2D eigenvalue weighted by atomic mass is 35.5. The minimum absolute atomic E-state index is 0.121. The van der Waals surface area contributed by atoms with Gasteiger partial charge in [-0.25, -0.2) is 0 Å². The number of anilines is 2. The molecule has 0 aromatic heterocycles. The number of methoxy groups -OCH3 is 1. The van der Waals surface area contributed by atoms with Gasteiger partial charge in [-0.05, 0) is 67.1 Å². The van der Waals surface area contributed by atoms with Crippen LogP contribution in [0.25, 0.3) is 0 Å². The van der Waals surface area contributed by atoms with Crippen LogP contribution in [0.4, 0.5) is 11.4 Å². The van der Waals surface area contributed by atoms with Crippen LogP contribution in [0.2, 0.25) is 5.02 Å². The largest absolute Gasteiger partial charge is 0.495 e. The number of halogens is 1. The first kappa shape index (κ1) is 21.7. The van der Waals surface area contributed by atoms with E-state index in [2.05, 4.69) is 5.32 Å². The highest BCUT2D eigenvalue weighted by molar-refractivity contribution is 6.31. The molecule has 3 aromatic rings. The predicted molar refractivity (Wildman–Crippen MR) is 125 cm³/mol. The first-order valence-corrected chi connectivity index (χ1v) is 10.6.